The van der Waals surface area contributed by atoms with Gasteiger partial charge in [-0.25, -0.2) is 0 Å². The van der Waals surface area contributed by atoms with Crippen LogP contribution in [-0.4, -0.2) is 4.98 Å². The normalized spacial score (nSPS) is 18.8. The summed E-state index contributed by atoms with van der Waals surface area (Å²) in [6.45, 7) is 0. The van der Waals surface area contributed by atoms with Gasteiger partial charge in [-0.15, -0.1) is 0 Å². The Balaban J connectivity index is 2.10. The first-order valence-electron chi connectivity index (χ1n) is 5.08. The summed E-state index contributed by atoms with van der Waals surface area (Å²) in [7, 11) is 0. The standard InChI is InChI=1S/C11H16N2/c12-10-6-7-11(13-8-10)9-4-2-1-3-5-9/h6-9H,1-5,12H2. The van der Waals surface area contributed by atoms with Gasteiger partial charge < -0.3 is 5.73 Å². The molecule has 0 unspecified atom stereocenters. The highest BCUT2D eigenvalue weighted by Crippen LogP contribution is 2.31. The number of nitrogen functional groups attached to an aromatic ring is 1. The number of aromatic nitrogens is 1. The van der Waals surface area contributed by atoms with Gasteiger partial charge in [-0.2, -0.15) is 0 Å². The highest BCUT2D eigenvalue weighted by Gasteiger charge is 2.15. The van der Waals surface area contributed by atoms with E-state index in [0.717, 1.165) is 5.69 Å². The predicted octanol–water partition coefficient (Wildman–Crippen LogP) is 2.71. The molecular formula is C11H16N2. The Morgan fingerprint density at radius 1 is 1.15 bits per heavy atom. The lowest BCUT2D eigenvalue weighted by Crippen LogP contribution is -2.06. The Morgan fingerprint density at radius 3 is 2.54 bits per heavy atom. The van der Waals surface area contributed by atoms with Gasteiger partial charge >= 0.3 is 0 Å². The van der Waals surface area contributed by atoms with Gasteiger partial charge in [0.15, 0.2) is 0 Å². The smallest absolute Gasteiger partial charge is 0.0501 e. The van der Waals surface area contributed by atoms with Gasteiger partial charge in [-0.3, -0.25) is 4.98 Å². The van der Waals surface area contributed by atoms with Crippen molar-refractivity contribution >= 4 is 5.69 Å². The van der Waals surface area contributed by atoms with Crippen LogP contribution in [0.5, 0.6) is 0 Å². The summed E-state index contributed by atoms with van der Waals surface area (Å²) in [6.07, 6.45) is 8.48. The highest BCUT2D eigenvalue weighted by atomic mass is 14.7. The molecule has 1 aliphatic carbocycles. The summed E-state index contributed by atoms with van der Waals surface area (Å²) < 4.78 is 0. The second-order valence-corrected chi connectivity index (χ2v) is 3.85. The average molecular weight is 176 g/mol. The molecule has 1 aromatic heterocycles. The lowest BCUT2D eigenvalue weighted by atomic mass is 9.87. The first-order chi connectivity index (χ1) is 6.36. The lowest BCUT2D eigenvalue weighted by Gasteiger charge is -2.20. The van der Waals surface area contributed by atoms with Crippen LogP contribution in [0.2, 0.25) is 0 Å². The Kier molecular flexibility index (Phi) is 2.48. The molecule has 13 heavy (non-hydrogen) atoms. The van der Waals surface area contributed by atoms with Crippen LogP contribution in [0.15, 0.2) is 18.3 Å². The molecule has 1 saturated carbocycles. The van der Waals surface area contributed by atoms with Crippen molar-refractivity contribution in [1.29, 1.82) is 0 Å². The monoisotopic (exact) mass is 176 g/mol. The molecule has 1 heterocycles. The second kappa shape index (κ2) is 3.77. The third-order valence-corrected chi connectivity index (χ3v) is 2.83. The molecule has 0 aliphatic heterocycles. The molecule has 70 valence electrons. The maximum atomic E-state index is 5.59. The van der Waals surface area contributed by atoms with Crippen LogP contribution in [0.4, 0.5) is 5.69 Å². The zero-order valence-electron chi connectivity index (χ0n) is 7.87. The molecule has 2 nitrogen and oxygen atoms in total. The van der Waals surface area contributed by atoms with E-state index in [2.05, 4.69) is 11.1 Å². The minimum absolute atomic E-state index is 0.689. The summed E-state index contributed by atoms with van der Waals surface area (Å²) in [5.74, 6) is 0.689. The maximum Gasteiger partial charge on any atom is 0.0501 e. The van der Waals surface area contributed by atoms with Gasteiger partial charge in [0.25, 0.3) is 0 Å². The third kappa shape index (κ3) is 2.00. The molecule has 1 aliphatic rings. The average Bonchev–Trinajstić information content (AvgIpc) is 2.20. The van der Waals surface area contributed by atoms with E-state index in [9.17, 15) is 0 Å². The topological polar surface area (TPSA) is 38.9 Å². The van der Waals surface area contributed by atoms with Gasteiger partial charge in [0.05, 0.1) is 11.9 Å². The number of hydrogen-bond acceptors (Lipinski definition) is 2. The fourth-order valence-electron chi connectivity index (χ4n) is 2.06. The molecule has 0 aromatic carbocycles. The number of rotatable bonds is 1. The minimum atomic E-state index is 0.689. The first-order valence-corrected chi connectivity index (χ1v) is 5.08. The number of pyridine rings is 1. The van der Waals surface area contributed by atoms with Crippen LogP contribution in [0.1, 0.15) is 43.7 Å². The zero-order valence-corrected chi connectivity index (χ0v) is 7.87. The summed E-state index contributed by atoms with van der Waals surface area (Å²) in [6, 6.07) is 4.03. The third-order valence-electron chi connectivity index (χ3n) is 2.83. The Morgan fingerprint density at radius 2 is 1.92 bits per heavy atom. The summed E-state index contributed by atoms with van der Waals surface area (Å²) >= 11 is 0. The number of nitrogens with two attached hydrogens (primary N) is 1. The number of anilines is 1. The largest absolute Gasteiger partial charge is 0.397 e. The summed E-state index contributed by atoms with van der Waals surface area (Å²) in [4.78, 5) is 4.38. The SMILES string of the molecule is Nc1ccc(C2CCCCC2)nc1. The predicted molar refractivity (Wildman–Crippen MR) is 54.5 cm³/mol. The number of hydrogen-bond donors (Lipinski definition) is 1. The second-order valence-electron chi connectivity index (χ2n) is 3.85. The lowest BCUT2D eigenvalue weighted by molar-refractivity contribution is 0.437. The fraction of sp³-hybridized carbons (Fsp3) is 0.545. The van der Waals surface area contributed by atoms with Crippen LogP contribution in [0, 0.1) is 0 Å². The van der Waals surface area contributed by atoms with E-state index in [1.807, 2.05) is 6.07 Å². The van der Waals surface area contributed by atoms with Gasteiger partial charge in [0.1, 0.15) is 0 Å². The molecule has 1 fully saturated rings. The molecule has 2 heteroatoms. The Bertz CT molecular complexity index is 260. The first kappa shape index (κ1) is 8.54. The zero-order chi connectivity index (χ0) is 9.10. The van der Waals surface area contributed by atoms with Gasteiger partial charge in [-0.1, -0.05) is 19.3 Å². The van der Waals surface area contributed by atoms with E-state index in [-0.39, 0.29) is 0 Å². The van der Waals surface area contributed by atoms with Crippen LogP contribution < -0.4 is 5.73 Å². The van der Waals surface area contributed by atoms with Crippen LogP contribution in [0.3, 0.4) is 0 Å². The molecule has 2 N–H and O–H groups in total. The van der Waals surface area contributed by atoms with Crippen molar-refractivity contribution < 1.29 is 0 Å². The van der Waals surface area contributed by atoms with E-state index < -0.39 is 0 Å². The summed E-state index contributed by atoms with van der Waals surface area (Å²) in [5, 5.41) is 0. The maximum absolute atomic E-state index is 5.59. The molecule has 0 spiro atoms. The summed E-state index contributed by atoms with van der Waals surface area (Å²) in [5.41, 5.74) is 7.59. The van der Waals surface area contributed by atoms with Crippen molar-refractivity contribution in [3.63, 3.8) is 0 Å². The van der Waals surface area contributed by atoms with E-state index in [4.69, 9.17) is 5.73 Å². The van der Waals surface area contributed by atoms with Crippen molar-refractivity contribution in [1.82, 2.24) is 4.98 Å². The van der Waals surface area contributed by atoms with Crippen molar-refractivity contribution in [3.05, 3.63) is 24.0 Å². The number of nitrogens with zero attached hydrogens (tertiary/aromatic N) is 1. The van der Waals surface area contributed by atoms with Gasteiger partial charge in [0, 0.05) is 11.6 Å². The molecular weight excluding hydrogens is 160 g/mol. The Hall–Kier alpha value is -1.05. The van der Waals surface area contributed by atoms with Crippen LogP contribution in [-0.2, 0) is 0 Å². The van der Waals surface area contributed by atoms with Crippen LogP contribution in [0.25, 0.3) is 0 Å². The minimum Gasteiger partial charge on any atom is -0.397 e. The highest BCUT2D eigenvalue weighted by molar-refractivity contribution is 5.35. The quantitative estimate of drug-likeness (QED) is 0.714. The molecule has 0 atom stereocenters. The van der Waals surface area contributed by atoms with Crippen molar-refractivity contribution in [2.45, 2.75) is 38.0 Å². The fourth-order valence-corrected chi connectivity index (χ4v) is 2.06. The van der Waals surface area contributed by atoms with E-state index >= 15 is 0 Å². The molecule has 0 amide bonds. The molecule has 1 aromatic rings. The molecule has 0 saturated heterocycles. The van der Waals surface area contributed by atoms with E-state index in [0.29, 0.717) is 5.92 Å². The van der Waals surface area contributed by atoms with Gasteiger partial charge in [0.2, 0.25) is 0 Å². The molecule has 0 bridgehead atoms. The van der Waals surface area contributed by atoms with Crippen molar-refractivity contribution in [2.24, 2.45) is 0 Å². The molecule has 2 rings (SSSR count). The van der Waals surface area contributed by atoms with Crippen LogP contribution >= 0.6 is 0 Å². The van der Waals surface area contributed by atoms with Gasteiger partial charge in [-0.05, 0) is 25.0 Å². The van der Waals surface area contributed by atoms with E-state index in [1.54, 1.807) is 6.20 Å². The van der Waals surface area contributed by atoms with E-state index in [1.165, 1.54) is 37.8 Å². The Labute approximate surface area is 79.2 Å². The molecule has 0 radical (unpaired) electrons. The van der Waals surface area contributed by atoms with Crippen molar-refractivity contribution in [2.75, 3.05) is 5.73 Å². The van der Waals surface area contributed by atoms with Crippen molar-refractivity contribution in [3.8, 4) is 0 Å².